The number of anilines is 6. The van der Waals surface area contributed by atoms with Crippen LogP contribution in [0.1, 0.15) is 43.9 Å². The summed E-state index contributed by atoms with van der Waals surface area (Å²) in [6, 6.07) is 84.5. The van der Waals surface area contributed by atoms with Crippen molar-refractivity contribution in [3.8, 4) is 22.3 Å². The van der Waals surface area contributed by atoms with Gasteiger partial charge < -0.3 is 9.80 Å². The van der Waals surface area contributed by atoms with Crippen molar-refractivity contribution in [3.63, 3.8) is 0 Å². The number of hydrogen-bond donors (Lipinski definition) is 0. The number of fused-ring (bicyclic) bond motifs is 6. The summed E-state index contributed by atoms with van der Waals surface area (Å²) in [6.45, 7) is 7.30. The van der Waals surface area contributed by atoms with Crippen molar-refractivity contribution in [1.29, 1.82) is 0 Å². The van der Waals surface area contributed by atoms with Gasteiger partial charge in [-0.05, 0) is 147 Å². The molecule has 75 heavy (non-hydrogen) atoms. The minimum Gasteiger partial charge on any atom is -0.308 e. The average Bonchev–Trinajstić information content (AvgIpc) is 4.12. The van der Waals surface area contributed by atoms with Gasteiger partial charge in [-0.25, -0.2) is 0 Å². The number of hydrogen-bond acceptors (Lipinski definition) is 4. The fourth-order valence-corrected chi connectivity index (χ4v) is 15.1. The molecule has 14 aromatic rings. The molecule has 0 amide bonds. The van der Waals surface area contributed by atoms with Crippen molar-refractivity contribution in [2.24, 2.45) is 0 Å². The van der Waals surface area contributed by atoms with Gasteiger partial charge in [0.2, 0.25) is 0 Å². The maximum atomic E-state index is 2.62. The first-order chi connectivity index (χ1) is 36.9. The second kappa shape index (κ2) is 17.1. The van der Waals surface area contributed by atoms with Crippen molar-refractivity contribution >= 4 is 129 Å². The van der Waals surface area contributed by atoms with Crippen LogP contribution in [0.2, 0.25) is 0 Å². The predicted octanol–water partition coefficient (Wildman–Crippen LogP) is 21.4. The van der Waals surface area contributed by atoms with Gasteiger partial charge in [0.15, 0.2) is 0 Å². The fourth-order valence-electron chi connectivity index (χ4n) is 12.7. The van der Waals surface area contributed by atoms with Crippen molar-refractivity contribution in [2.45, 2.75) is 45.4 Å². The van der Waals surface area contributed by atoms with Gasteiger partial charge in [0.25, 0.3) is 0 Å². The standard InChI is InChI=1S/C71H52N2S2/c1-4-44-41-63(73(51-26-16-24-48(40-51)46-21-9-6-10-22-46)61-32-18-30-56-54-28-12-14-34-65(54)75-70(56)61)58-43-59-66-49(37-38-71(59,2)3)42-62(57-36-35-52(44)67(58)68(57)66)72(50-25-15-23-47(39-50)45-19-7-5-8-20-45)60-31-17-29-55-53-27-11-13-33-64(53)74-69(55)60/h5-36,39-43H,4,37-38H2,1-3H3. The molecule has 0 radical (unpaired) electrons. The lowest BCUT2D eigenvalue weighted by molar-refractivity contribution is 0.475. The van der Waals surface area contributed by atoms with Crippen LogP contribution in [0.25, 0.3) is 94.9 Å². The highest BCUT2D eigenvalue weighted by Gasteiger charge is 2.34. The summed E-state index contributed by atoms with van der Waals surface area (Å²) < 4.78 is 5.20. The molecule has 2 aromatic heterocycles. The molecule has 358 valence electrons. The molecule has 0 fully saturated rings. The van der Waals surface area contributed by atoms with Crippen molar-refractivity contribution in [3.05, 3.63) is 241 Å². The summed E-state index contributed by atoms with van der Waals surface area (Å²) in [7, 11) is 0. The lowest BCUT2D eigenvalue weighted by Gasteiger charge is -2.37. The lowest BCUT2D eigenvalue weighted by atomic mass is 9.70. The molecule has 1 aliphatic carbocycles. The molecule has 1 aliphatic rings. The van der Waals surface area contributed by atoms with E-state index < -0.39 is 0 Å². The summed E-state index contributed by atoms with van der Waals surface area (Å²) in [6.07, 6.45) is 2.96. The van der Waals surface area contributed by atoms with Gasteiger partial charge in [0.05, 0.1) is 32.1 Å². The van der Waals surface area contributed by atoms with Crippen LogP contribution in [0.5, 0.6) is 0 Å². The molecule has 0 saturated heterocycles. The predicted molar refractivity (Wildman–Crippen MR) is 327 cm³/mol. The number of aryl methyl sites for hydroxylation is 2. The second-order valence-electron chi connectivity index (χ2n) is 21.1. The SMILES string of the molecule is CCc1cc(N(c2cccc(-c3ccccc3)c2)c2cccc3c2sc2ccccc23)c2cc3c4c(cc(N(c5cccc(-c6ccccc6)c5)c5cccc6c5sc5ccccc56)c5ccc1c2c54)CCC3(C)C. The topological polar surface area (TPSA) is 6.48 Å². The molecule has 12 aromatic carbocycles. The molecule has 0 N–H and O–H groups in total. The Kier molecular flexibility index (Phi) is 10.1. The van der Waals surface area contributed by atoms with E-state index in [0.29, 0.717) is 0 Å². The number of nitrogens with zero attached hydrogens (tertiary/aromatic N) is 2. The van der Waals surface area contributed by atoms with E-state index in [-0.39, 0.29) is 5.41 Å². The highest BCUT2D eigenvalue weighted by molar-refractivity contribution is 7.26. The second-order valence-corrected chi connectivity index (χ2v) is 23.2. The van der Waals surface area contributed by atoms with E-state index >= 15 is 0 Å². The summed E-state index contributed by atoms with van der Waals surface area (Å²) >= 11 is 3.81. The third-order valence-electron chi connectivity index (χ3n) is 16.4. The smallest absolute Gasteiger partial charge is 0.0640 e. The van der Waals surface area contributed by atoms with Gasteiger partial charge in [-0.2, -0.15) is 0 Å². The Balaban J connectivity index is 1.07. The Bertz CT molecular complexity index is 4560. The number of thiophene rings is 2. The van der Waals surface area contributed by atoms with Crippen LogP contribution in [0.3, 0.4) is 0 Å². The molecule has 0 spiro atoms. The highest BCUT2D eigenvalue weighted by atomic mass is 32.1. The van der Waals surface area contributed by atoms with Gasteiger partial charge in [0.1, 0.15) is 0 Å². The summed E-state index contributed by atoms with van der Waals surface area (Å²) in [5, 5.41) is 13.3. The molecule has 0 unspecified atom stereocenters. The zero-order valence-electron chi connectivity index (χ0n) is 42.2. The Labute approximate surface area is 445 Å². The Morgan fingerprint density at radius 1 is 0.387 bits per heavy atom. The minimum absolute atomic E-state index is 0.0576. The molecule has 4 heteroatoms. The van der Waals surface area contributed by atoms with E-state index in [1.54, 1.807) is 0 Å². The van der Waals surface area contributed by atoms with Gasteiger partial charge in [0, 0.05) is 58.5 Å². The zero-order chi connectivity index (χ0) is 49.9. The van der Waals surface area contributed by atoms with Crippen LogP contribution in [0.15, 0.2) is 224 Å². The van der Waals surface area contributed by atoms with Crippen LogP contribution in [-0.2, 0) is 18.3 Å². The van der Waals surface area contributed by atoms with E-state index in [4.69, 9.17) is 0 Å². The minimum atomic E-state index is -0.0576. The van der Waals surface area contributed by atoms with Crippen LogP contribution < -0.4 is 9.80 Å². The average molecular weight is 997 g/mol. The largest absolute Gasteiger partial charge is 0.308 e. The first kappa shape index (κ1) is 44.2. The van der Waals surface area contributed by atoms with E-state index in [2.05, 4.69) is 255 Å². The van der Waals surface area contributed by atoms with Gasteiger partial charge in [-0.1, -0.05) is 178 Å². The van der Waals surface area contributed by atoms with Crippen molar-refractivity contribution in [1.82, 2.24) is 0 Å². The molecular formula is C71H52N2S2. The van der Waals surface area contributed by atoms with Crippen LogP contribution >= 0.6 is 22.7 Å². The molecule has 2 heterocycles. The molecule has 2 nitrogen and oxygen atoms in total. The third kappa shape index (κ3) is 6.90. The molecule has 0 saturated carbocycles. The van der Waals surface area contributed by atoms with Gasteiger partial charge in [-0.15, -0.1) is 22.7 Å². The lowest BCUT2D eigenvalue weighted by Crippen LogP contribution is -2.24. The van der Waals surface area contributed by atoms with Gasteiger partial charge >= 0.3 is 0 Å². The third-order valence-corrected chi connectivity index (χ3v) is 18.8. The highest BCUT2D eigenvalue weighted by Crippen LogP contribution is 2.56. The quantitative estimate of drug-likeness (QED) is 0.133. The van der Waals surface area contributed by atoms with Crippen molar-refractivity contribution in [2.75, 3.05) is 9.80 Å². The van der Waals surface area contributed by atoms with E-state index in [1.807, 2.05) is 22.7 Å². The summed E-state index contributed by atoms with van der Waals surface area (Å²) in [5.74, 6) is 0. The summed E-state index contributed by atoms with van der Waals surface area (Å²) in [5.41, 5.74) is 16.1. The molecule has 15 rings (SSSR count). The monoisotopic (exact) mass is 996 g/mol. The van der Waals surface area contributed by atoms with E-state index in [9.17, 15) is 0 Å². The Morgan fingerprint density at radius 2 is 0.880 bits per heavy atom. The van der Waals surface area contributed by atoms with Crippen LogP contribution in [-0.4, -0.2) is 0 Å². The fraction of sp³-hybridized carbons (Fsp3) is 0.0986. The molecule has 0 atom stereocenters. The number of benzene rings is 12. The van der Waals surface area contributed by atoms with Crippen LogP contribution in [0.4, 0.5) is 34.1 Å². The van der Waals surface area contributed by atoms with E-state index in [1.165, 1.54) is 134 Å². The normalized spacial score (nSPS) is 13.3. The number of rotatable bonds is 9. The Morgan fingerprint density at radius 3 is 1.45 bits per heavy atom. The Hall–Kier alpha value is -8.28. The summed E-state index contributed by atoms with van der Waals surface area (Å²) in [4.78, 5) is 5.22. The molecular weight excluding hydrogens is 945 g/mol. The molecule has 0 bridgehead atoms. The maximum Gasteiger partial charge on any atom is 0.0640 e. The molecule has 0 aliphatic heterocycles. The van der Waals surface area contributed by atoms with E-state index in [0.717, 1.165) is 30.6 Å². The zero-order valence-corrected chi connectivity index (χ0v) is 43.8. The first-order valence-corrected chi connectivity index (χ1v) is 28.1. The first-order valence-electron chi connectivity index (χ1n) is 26.4. The van der Waals surface area contributed by atoms with Crippen LogP contribution in [0, 0.1) is 0 Å². The maximum absolute atomic E-state index is 2.62. The van der Waals surface area contributed by atoms with Crippen molar-refractivity contribution < 1.29 is 0 Å². The van der Waals surface area contributed by atoms with Gasteiger partial charge in [-0.3, -0.25) is 0 Å².